The minimum absolute atomic E-state index is 0.0931. The SMILES string of the molecule is Cc1ccc(S(=O)(=O)OCC(CC2CCC3(CC3)OC2)NC(=O)OC(C)(C)C)cc1. The lowest BCUT2D eigenvalue weighted by molar-refractivity contribution is -0.0393. The molecule has 1 saturated heterocycles. The molecule has 2 atom stereocenters. The fourth-order valence-corrected chi connectivity index (χ4v) is 4.58. The molecule has 2 fully saturated rings. The molecule has 1 heterocycles. The van der Waals surface area contributed by atoms with Gasteiger partial charge in [0.05, 0.1) is 29.8 Å². The zero-order chi connectivity index (χ0) is 22.0. The van der Waals surface area contributed by atoms with Crippen LogP contribution in [0.5, 0.6) is 0 Å². The number of carbonyl (C=O) groups is 1. The van der Waals surface area contributed by atoms with Gasteiger partial charge in [-0.2, -0.15) is 8.42 Å². The molecule has 0 aromatic heterocycles. The average Bonchev–Trinajstić information content (AvgIpc) is 3.40. The van der Waals surface area contributed by atoms with Crippen molar-refractivity contribution in [1.82, 2.24) is 5.32 Å². The number of carbonyl (C=O) groups excluding carboxylic acids is 1. The highest BCUT2D eigenvalue weighted by Crippen LogP contribution is 2.47. The molecule has 0 bridgehead atoms. The van der Waals surface area contributed by atoms with E-state index in [2.05, 4.69) is 5.32 Å². The number of rotatable bonds is 7. The minimum atomic E-state index is -3.92. The standard InChI is InChI=1S/C22H33NO6S/c1-16-5-7-19(8-6-16)30(25,26)28-15-18(23-20(24)29-21(2,3)4)13-17-9-10-22(11-12-22)27-14-17/h5-8,17-18H,9-15H2,1-4H3,(H,23,24). The zero-order valence-electron chi connectivity index (χ0n) is 18.3. The molecule has 1 aromatic carbocycles. The molecular formula is C22H33NO6S. The van der Waals surface area contributed by atoms with Crippen molar-refractivity contribution in [3.8, 4) is 0 Å². The Balaban J connectivity index is 1.62. The quantitative estimate of drug-likeness (QED) is 0.647. The van der Waals surface area contributed by atoms with Crippen LogP contribution in [0.3, 0.4) is 0 Å². The highest BCUT2D eigenvalue weighted by Gasteiger charge is 2.46. The van der Waals surface area contributed by atoms with E-state index in [-0.39, 0.29) is 23.0 Å². The molecule has 7 nitrogen and oxygen atoms in total. The van der Waals surface area contributed by atoms with Gasteiger partial charge in [0, 0.05) is 0 Å². The van der Waals surface area contributed by atoms with Crippen LogP contribution in [0.4, 0.5) is 4.79 Å². The van der Waals surface area contributed by atoms with Crippen molar-refractivity contribution >= 4 is 16.2 Å². The Morgan fingerprint density at radius 2 is 1.90 bits per heavy atom. The smallest absolute Gasteiger partial charge is 0.407 e. The van der Waals surface area contributed by atoms with Crippen molar-refractivity contribution in [2.45, 2.75) is 81.9 Å². The van der Waals surface area contributed by atoms with Gasteiger partial charge >= 0.3 is 6.09 Å². The highest BCUT2D eigenvalue weighted by atomic mass is 32.2. The largest absolute Gasteiger partial charge is 0.444 e. The normalized spacial score (nSPS) is 21.8. The van der Waals surface area contributed by atoms with Crippen LogP contribution in [-0.4, -0.2) is 45.0 Å². The Labute approximate surface area is 179 Å². The third-order valence-corrected chi connectivity index (χ3v) is 6.81. The summed E-state index contributed by atoms with van der Waals surface area (Å²) in [5, 5.41) is 2.78. The number of nitrogens with one attached hydrogen (secondary N) is 1. The molecule has 1 saturated carbocycles. The Morgan fingerprint density at radius 3 is 2.43 bits per heavy atom. The third-order valence-electron chi connectivity index (χ3n) is 5.51. The number of alkyl carbamates (subject to hydrolysis) is 1. The van der Waals surface area contributed by atoms with Crippen LogP contribution in [0.2, 0.25) is 0 Å². The Kier molecular flexibility index (Phi) is 6.79. The van der Waals surface area contributed by atoms with Crippen LogP contribution in [0.1, 0.15) is 58.4 Å². The summed E-state index contributed by atoms with van der Waals surface area (Å²) < 4.78 is 41.8. The lowest BCUT2D eigenvalue weighted by Gasteiger charge is -2.32. The molecule has 1 aromatic rings. The van der Waals surface area contributed by atoms with Crippen molar-refractivity contribution in [2.75, 3.05) is 13.2 Å². The monoisotopic (exact) mass is 439 g/mol. The van der Waals surface area contributed by atoms with E-state index in [0.29, 0.717) is 13.0 Å². The molecule has 1 N–H and O–H groups in total. The van der Waals surface area contributed by atoms with Crippen LogP contribution in [-0.2, 0) is 23.8 Å². The van der Waals surface area contributed by atoms with Gasteiger partial charge in [0.2, 0.25) is 0 Å². The number of hydrogen-bond donors (Lipinski definition) is 1. The predicted octanol–water partition coefficient (Wildman–Crippen LogP) is 3.94. The summed E-state index contributed by atoms with van der Waals surface area (Å²) in [5.74, 6) is 0.238. The number of aryl methyl sites for hydroxylation is 1. The first kappa shape index (κ1) is 23.0. The van der Waals surface area contributed by atoms with Gasteiger partial charge < -0.3 is 14.8 Å². The maximum atomic E-state index is 12.6. The third kappa shape index (κ3) is 6.68. The number of ether oxygens (including phenoxy) is 2. The molecule has 1 aliphatic carbocycles. The molecule has 0 radical (unpaired) electrons. The Bertz CT molecular complexity index is 829. The van der Waals surface area contributed by atoms with Gasteiger partial charge in [-0.25, -0.2) is 4.79 Å². The summed E-state index contributed by atoms with van der Waals surface area (Å²) in [4.78, 5) is 12.4. The van der Waals surface area contributed by atoms with Crippen LogP contribution in [0, 0.1) is 12.8 Å². The number of benzene rings is 1. The van der Waals surface area contributed by atoms with E-state index >= 15 is 0 Å². The molecule has 30 heavy (non-hydrogen) atoms. The summed E-state index contributed by atoms with van der Waals surface area (Å²) in [6, 6.07) is 5.98. The van der Waals surface area contributed by atoms with Gasteiger partial charge in [-0.05, 0) is 77.8 Å². The molecule has 1 amide bonds. The van der Waals surface area contributed by atoms with E-state index in [9.17, 15) is 13.2 Å². The van der Waals surface area contributed by atoms with Crippen LogP contribution < -0.4 is 5.32 Å². The highest BCUT2D eigenvalue weighted by molar-refractivity contribution is 7.86. The molecular weight excluding hydrogens is 406 g/mol. The molecule has 3 rings (SSSR count). The first-order valence-electron chi connectivity index (χ1n) is 10.6. The second-order valence-corrected chi connectivity index (χ2v) is 11.1. The molecule has 8 heteroatoms. The predicted molar refractivity (Wildman–Crippen MR) is 113 cm³/mol. The van der Waals surface area contributed by atoms with Crippen molar-refractivity contribution in [1.29, 1.82) is 0 Å². The minimum Gasteiger partial charge on any atom is -0.444 e. The van der Waals surface area contributed by atoms with E-state index in [1.807, 2.05) is 6.92 Å². The summed E-state index contributed by atoms with van der Waals surface area (Å²) in [7, 11) is -3.92. The Hall–Kier alpha value is -1.64. The van der Waals surface area contributed by atoms with Gasteiger partial charge in [0.1, 0.15) is 5.60 Å². The van der Waals surface area contributed by atoms with Gasteiger partial charge in [-0.15, -0.1) is 0 Å². The number of hydrogen-bond acceptors (Lipinski definition) is 6. The fraction of sp³-hybridized carbons (Fsp3) is 0.682. The summed E-state index contributed by atoms with van der Waals surface area (Å²) in [6.07, 6.45) is 4.24. The summed E-state index contributed by atoms with van der Waals surface area (Å²) >= 11 is 0. The van der Waals surface area contributed by atoms with E-state index in [1.165, 1.54) is 12.1 Å². The lowest BCUT2D eigenvalue weighted by Crippen LogP contribution is -2.44. The van der Waals surface area contributed by atoms with Gasteiger partial charge in [-0.1, -0.05) is 17.7 Å². The van der Waals surface area contributed by atoms with Crippen LogP contribution in [0.15, 0.2) is 29.2 Å². The molecule has 2 aliphatic rings. The van der Waals surface area contributed by atoms with E-state index in [1.54, 1.807) is 32.9 Å². The average molecular weight is 440 g/mol. The first-order valence-corrected chi connectivity index (χ1v) is 12.0. The van der Waals surface area contributed by atoms with E-state index < -0.39 is 27.9 Å². The molecule has 1 spiro atoms. The van der Waals surface area contributed by atoms with E-state index in [4.69, 9.17) is 13.7 Å². The maximum absolute atomic E-state index is 12.6. The van der Waals surface area contributed by atoms with Crippen molar-refractivity contribution in [3.05, 3.63) is 29.8 Å². The first-order chi connectivity index (χ1) is 14.0. The van der Waals surface area contributed by atoms with Crippen LogP contribution in [0.25, 0.3) is 0 Å². The second-order valence-electron chi connectivity index (χ2n) is 9.53. The zero-order valence-corrected chi connectivity index (χ0v) is 19.1. The topological polar surface area (TPSA) is 90.9 Å². The summed E-state index contributed by atoms with van der Waals surface area (Å²) in [6.45, 7) is 7.70. The van der Waals surface area contributed by atoms with Crippen molar-refractivity contribution in [3.63, 3.8) is 0 Å². The number of amides is 1. The van der Waals surface area contributed by atoms with Gasteiger partial charge in [0.25, 0.3) is 10.1 Å². The lowest BCUT2D eigenvalue weighted by atomic mass is 9.91. The van der Waals surface area contributed by atoms with Gasteiger partial charge in [-0.3, -0.25) is 4.18 Å². The van der Waals surface area contributed by atoms with E-state index in [0.717, 1.165) is 31.2 Å². The summed E-state index contributed by atoms with van der Waals surface area (Å²) in [5.41, 5.74) is 0.412. The second kappa shape index (κ2) is 8.85. The fourth-order valence-electron chi connectivity index (χ4n) is 3.63. The van der Waals surface area contributed by atoms with Crippen molar-refractivity contribution < 1.29 is 26.9 Å². The Morgan fingerprint density at radius 1 is 1.23 bits per heavy atom. The maximum Gasteiger partial charge on any atom is 0.407 e. The van der Waals surface area contributed by atoms with Crippen LogP contribution >= 0.6 is 0 Å². The van der Waals surface area contributed by atoms with Gasteiger partial charge in [0.15, 0.2) is 0 Å². The molecule has 1 aliphatic heterocycles. The molecule has 2 unspecified atom stereocenters. The van der Waals surface area contributed by atoms with Crippen molar-refractivity contribution in [2.24, 2.45) is 5.92 Å². The molecule has 168 valence electrons.